The molecule has 0 spiro atoms. The Hall–Kier alpha value is -1.27. The lowest BCUT2D eigenvalue weighted by Crippen LogP contribution is -2.46. The fourth-order valence-corrected chi connectivity index (χ4v) is 4.16. The van der Waals surface area contributed by atoms with Crippen LogP contribution in [0.15, 0.2) is 18.3 Å². The number of thioether (sulfide) groups is 1. The quantitative estimate of drug-likeness (QED) is 0.925. The number of hydrogen-bond donors (Lipinski definition) is 1. The molecule has 0 bridgehead atoms. The highest BCUT2D eigenvalue weighted by molar-refractivity contribution is 8.00. The molecule has 1 saturated carbocycles. The molecule has 1 N–H and O–H groups in total. The van der Waals surface area contributed by atoms with Crippen LogP contribution in [0.4, 0.5) is 0 Å². The van der Waals surface area contributed by atoms with Crippen molar-refractivity contribution in [3.05, 3.63) is 29.0 Å². The number of carboxylic acid groups (broad SMARTS) is 1. The van der Waals surface area contributed by atoms with Crippen LogP contribution < -0.4 is 0 Å². The summed E-state index contributed by atoms with van der Waals surface area (Å²) in [4.78, 5) is 29.4. The second-order valence-electron chi connectivity index (χ2n) is 4.99. The van der Waals surface area contributed by atoms with Crippen LogP contribution in [-0.2, 0) is 4.79 Å². The van der Waals surface area contributed by atoms with Crippen LogP contribution in [0, 0.1) is 5.92 Å². The minimum absolute atomic E-state index is 0.0515. The molecule has 2 unspecified atom stereocenters. The molecular formula is C13H13ClN2O3S. The molecule has 5 nitrogen and oxygen atoms in total. The van der Waals surface area contributed by atoms with E-state index in [0.717, 1.165) is 12.8 Å². The molecule has 0 aromatic carbocycles. The van der Waals surface area contributed by atoms with E-state index < -0.39 is 12.0 Å². The first-order valence-electron chi connectivity index (χ1n) is 6.36. The second-order valence-corrected chi connectivity index (χ2v) is 6.57. The predicted molar refractivity (Wildman–Crippen MR) is 75.8 cm³/mol. The van der Waals surface area contributed by atoms with Crippen LogP contribution in [0.1, 0.15) is 23.3 Å². The van der Waals surface area contributed by atoms with Gasteiger partial charge in [0, 0.05) is 17.0 Å². The average molecular weight is 313 g/mol. The Balaban J connectivity index is 1.90. The van der Waals surface area contributed by atoms with Crippen molar-refractivity contribution in [2.75, 3.05) is 5.75 Å². The summed E-state index contributed by atoms with van der Waals surface area (Å²) in [5, 5.41) is 9.67. The van der Waals surface area contributed by atoms with E-state index in [1.165, 1.54) is 17.2 Å². The van der Waals surface area contributed by atoms with Crippen molar-refractivity contribution in [2.45, 2.75) is 24.3 Å². The molecule has 2 heterocycles. The zero-order valence-electron chi connectivity index (χ0n) is 10.5. The zero-order valence-corrected chi connectivity index (χ0v) is 12.1. The van der Waals surface area contributed by atoms with Crippen LogP contribution in [0.5, 0.6) is 0 Å². The lowest BCUT2D eigenvalue weighted by molar-refractivity contribution is -0.141. The van der Waals surface area contributed by atoms with Crippen LogP contribution in [0.3, 0.4) is 0 Å². The molecule has 3 rings (SSSR count). The Labute approximate surface area is 125 Å². The van der Waals surface area contributed by atoms with E-state index in [0.29, 0.717) is 16.7 Å². The van der Waals surface area contributed by atoms with E-state index in [1.807, 2.05) is 0 Å². The number of aromatic nitrogens is 1. The van der Waals surface area contributed by atoms with Gasteiger partial charge in [0.1, 0.15) is 11.7 Å². The van der Waals surface area contributed by atoms with Crippen molar-refractivity contribution in [1.29, 1.82) is 0 Å². The highest BCUT2D eigenvalue weighted by Crippen LogP contribution is 2.45. The molecule has 1 aliphatic carbocycles. The lowest BCUT2D eigenvalue weighted by Gasteiger charge is -2.27. The summed E-state index contributed by atoms with van der Waals surface area (Å²) < 4.78 is 0. The third-order valence-corrected chi connectivity index (χ3v) is 5.22. The highest BCUT2D eigenvalue weighted by atomic mass is 35.5. The maximum atomic E-state index is 12.6. The van der Waals surface area contributed by atoms with Crippen molar-refractivity contribution in [2.24, 2.45) is 5.92 Å². The van der Waals surface area contributed by atoms with Crippen molar-refractivity contribution < 1.29 is 14.7 Å². The van der Waals surface area contributed by atoms with Gasteiger partial charge in [0.25, 0.3) is 5.91 Å². The Morgan fingerprint density at radius 1 is 1.45 bits per heavy atom. The van der Waals surface area contributed by atoms with Crippen molar-refractivity contribution in [1.82, 2.24) is 9.88 Å². The van der Waals surface area contributed by atoms with Crippen LogP contribution in [0.2, 0.25) is 5.02 Å². The third-order valence-electron chi connectivity index (χ3n) is 3.52. The lowest BCUT2D eigenvalue weighted by atomic mass is 10.2. The molecule has 2 aliphatic rings. The molecule has 7 heteroatoms. The van der Waals surface area contributed by atoms with E-state index in [1.54, 1.807) is 17.8 Å². The van der Waals surface area contributed by atoms with Gasteiger partial charge in [-0.2, -0.15) is 0 Å². The summed E-state index contributed by atoms with van der Waals surface area (Å²) in [6.07, 6.45) is 3.56. The van der Waals surface area contributed by atoms with E-state index in [2.05, 4.69) is 4.98 Å². The fourth-order valence-electron chi connectivity index (χ4n) is 2.37. The van der Waals surface area contributed by atoms with Gasteiger partial charge in [-0.05, 0) is 30.9 Å². The number of halogens is 1. The first-order valence-corrected chi connectivity index (χ1v) is 7.79. The van der Waals surface area contributed by atoms with Gasteiger partial charge in [-0.25, -0.2) is 4.79 Å². The van der Waals surface area contributed by atoms with Crippen LogP contribution in [0.25, 0.3) is 0 Å². The molecule has 1 amide bonds. The number of carbonyl (C=O) groups is 2. The molecule has 2 atom stereocenters. The maximum Gasteiger partial charge on any atom is 0.327 e. The molecule has 106 valence electrons. The van der Waals surface area contributed by atoms with E-state index in [-0.39, 0.29) is 17.0 Å². The first-order chi connectivity index (χ1) is 9.58. The average Bonchev–Trinajstić information content (AvgIpc) is 3.16. The van der Waals surface area contributed by atoms with Crippen LogP contribution in [-0.4, -0.2) is 44.0 Å². The second kappa shape index (κ2) is 5.26. The minimum atomic E-state index is -0.962. The smallest absolute Gasteiger partial charge is 0.327 e. The van der Waals surface area contributed by atoms with Gasteiger partial charge in [-0.3, -0.25) is 9.78 Å². The molecular weight excluding hydrogens is 300 g/mol. The Kier molecular flexibility index (Phi) is 3.60. The Bertz CT molecular complexity index is 564. The summed E-state index contributed by atoms with van der Waals surface area (Å²) >= 11 is 7.42. The number of nitrogens with zero attached hydrogens (tertiary/aromatic N) is 2. The summed E-state index contributed by atoms with van der Waals surface area (Å²) in [7, 11) is 0. The van der Waals surface area contributed by atoms with Gasteiger partial charge in [0.15, 0.2) is 0 Å². The highest BCUT2D eigenvalue weighted by Gasteiger charge is 2.48. The summed E-state index contributed by atoms with van der Waals surface area (Å²) in [5.74, 6) is -0.465. The topological polar surface area (TPSA) is 70.5 Å². The van der Waals surface area contributed by atoms with E-state index in [9.17, 15) is 14.7 Å². The van der Waals surface area contributed by atoms with Gasteiger partial charge in [0.2, 0.25) is 0 Å². The van der Waals surface area contributed by atoms with Gasteiger partial charge >= 0.3 is 5.97 Å². The van der Waals surface area contributed by atoms with Gasteiger partial charge in [-0.1, -0.05) is 11.6 Å². The standard InChI is InChI=1S/C13H13ClN2O3S/c14-8-3-4-15-9(5-8)11(17)16-10(13(18)19)6-20-12(16)7-1-2-7/h3-5,7,10,12H,1-2,6H2,(H,18,19). The Morgan fingerprint density at radius 3 is 2.80 bits per heavy atom. The number of amides is 1. The molecule has 0 radical (unpaired) electrons. The fraction of sp³-hybridized carbons (Fsp3) is 0.462. The number of carboxylic acids is 1. The normalized spacial score (nSPS) is 25.8. The minimum Gasteiger partial charge on any atom is -0.480 e. The molecule has 1 aliphatic heterocycles. The zero-order chi connectivity index (χ0) is 14.3. The van der Waals surface area contributed by atoms with Gasteiger partial charge < -0.3 is 10.0 Å². The number of aliphatic carboxylic acids is 1. The summed E-state index contributed by atoms with van der Waals surface area (Å²) in [6.45, 7) is 0. The number of pyridine rings is 1. The number of carbonyl (C=O) groups excluding carboxylic acids is 1. The molecule has 1 aromatic heterocycles. The third kappa shape index (κ3) is 2.50. The molecule has 1 aromatic rings. The van der Waals surface area contributed by atoms with E-state index in [4.69, 9.17) is 11.6 Å². The van der Waals surface area contributed by atoms with Crippen molar-refractivity contribution in [3.8, 4) is 0 Å². The monoisotopic (exact) mass is 312 g/mol. The SMILES string of the molecule is O=C(O)C1CSC(C2CC2)N1C(=O)c1cc(Cl)ccn1. The number of rotatable bonds is 3. The number of hydrogen-bond acceptors (Lipinski definition) is 4. The summed E-state index contributed by atoms with van der Waals surface area (Å²) in [5.41, 5.74) is 0.205. The largest absolute Gasteiger partial charge is 0.480 e. The van der Waals surface area contributed by atoms with Crippen molar-refractivity contribution >= 4 is 35.2 Å². The maximum absolute atomic E-state index is 12.6. The van der Waals surface area contributed by atoms with Gasteiger partial charge in [-0.15, -0.1) is 11.8 Å². The van der Waals surface area contributed by atoms with Crippen LogP contribution >= 0.6 is 23.4 Å². The van der Waals surface area contributed by atoms with Crippen molar-refractivity contribution in [3.63, 3.8) is 0 Å². The molecule has 2 fully saturated rings. The predicted octanol–water partition coefficient (Wildman–Crippen LogP) is 2.11. The molecule has 1 saturated heterocycles. The van der Waals surface area contributed by atoms with E-state index >= 15 is 0 Å². The Morgan fingerprint density at radius 2 is 2.20 bits per heavy atom. The van der Waals surface area contributed by atoms with Gasteiger partial charge in [0.05, 0.1) is 5.37 Å². The molecule has 20 heavy (non-hydrogen) atoms. The summed E-state index contributed by atoms with van der Waals surface area (Å²) in [6, 6.07) is 2.29. The first kappa shape index (κ1) is 13.7.